The lowest BCUT2D eigenvalue weighted by Crippen LogP contribution is -2.24. The van der Waals surface area contributed by atoms with E-state index in [2.05, 4.69) is 36.3 Å². The van der Waals surface area contributed by atoms with Crippen LogP contribution in [0.15, 0.2) is 36.5 Å². The lowest BCUT2D eigenvalue weighted by Gasteiger charge is -2.17. The molecule has 0 aliphatic rings. The molecule has 2 aromatic rings. The molecule has 1 heterocycles. The normalized spacial score (nSPS) is 12.8. The first-order chi connectivity index (χ1) is 9.70. The van der Waals surface area contributed by atoms with E-state index in [1.54, 1.807) is 4.80 Å². The molecule has 1 aromatic heterocycles. The lowest BCUT2D eigenvalue weighted by molar-refractivity contribution is 0.421. The van der Waals surface area contributed by atoms with Gasteiger partial charge < -0.3 is 5.32 Å². The van der Waals surface area contributed by atoms with Gasteiger partial charge in [0.15, 0.2) is 0 Å². The molecule has 108 valence electrons. The van der Waals surface area contributed by atoms with Gasteiger partial charge in [-0.05, 0) is 37.4 Å². The molecule has 20 heavy (non-hydrogen) atoms. The molecule has 1 atom stereocenters. The summed E-state index contributed by atoms with van der Waals surface area (Å²) in [6, 6.07) is 10.3. The molecule has 1 unspecified atom stereocenters. The third kappa shape index (κ3) is 3.90. The zero-order valence-corrected chi connectivity index (χ0v) is 12.6. The monoisotopic (exact) mass is 272 g/mol. The predicted molar refractivity (Wildman–Crippen MR) is 81.8 cm³/mol. The highest BCUT2D eigenvalue weighted by Gasteiger charge is 2.16. The van der Waals surface area contributed by atoms with Crippen molar-refractivity contribution in [3.63, 3.8) is 0 Å². The Labute approximate surface area is 121 Å². The van der Waals surface area contributed by atoms with E-state index in [0.29, 0.717) is 5.92 Å². The number of nitrogens with zero attached hydrogens (tertiary/aromatic N) is 3. The fourth-order valence-corrected chi connectivity index (χ4v) is 2.22. The van der Waals surface area contributed by atoms with Gasteiger partial charge in [0, 0.05) is 0 Å². The first kappa shape index (κ1) is 14.7. The highest BCUT2D eigenvalue weighted by atomic mass is 15.5. The SMILES string of the molecule is CCCNC(CC(C)C)c1cnn(-c2ccccc2)n1. The highest BCUT2D eigenvalue weighted by molar-refractivity contribution is 5.28. The molecule has 0 saturated heterocycles. The Morgan fingerprint density at radius 2 is 1.95 bits per heavy atom. The Balaban J connectivity index is 2.15. The van der Waals surface area contributed by atoms with Crippen molar-refractivity contribution in [1.29, 1.82) is 0 Å². The van der Waals surface area contributed by atoms with Crippen molar-refractivity contribution in [1.82, 2.24) is 20.3 Å². The molecule has 1 N–H and O–H groups in total. The van der Waals surface area contributed by atoms with Gasteiger partial charge in [-0.1, -0.05) is 39.0 Å². The second-order valence-corrected chi connectivity index (χ2v) is 5.53. The maximum absolute atomic E-state index is 4.63. The molecule has 0 saturated carbocycles. The molecule has 0 aliphatic heterocycles. The van der Waals surface area contributed by atoms with Crippen LogP contribution in [-0.4, -0.2) is 21.5 Å². The van der Waals surface area contributed by atoms with Crippen LogP contribution in [-0.2, 0) is 0 Å². The van der Waals surface area contributed by atoms with E-state index in [-0.39, 0.29) is 6.04 Å². The van der Waals surface area contributed by atoms with E-state index < -0.39 is 0 Å². The Morgan fingerprint density at radius 3 is 2.60 bits per heavy atom. The maximum atomic E-state index is 4.63. The molecule has 0 fully saturated rings. The Bertz CT molecular complexity index is 504. The number of benzene rings is 1. The largest absolute Gasteiger partial charge is 0.309 e. The van der Waals surface area contributed by atoms with Crippen LogP contribution in [0.2, 0.25) is 0 Å². The minimum atomic E-state index is 0.285. The van der Waals surface area contributed by atoms with Crippen molar-refractivity contribution >= 4 is 0 Å². The zero-order valence-electron chi connectivity index (χ0n) is 12.6. The number of hydrogen-bond acceptors (Lipinski definition) is 3. The molecule has 0 aliphatic carbocycles. The summed E-state index contributed by atoms with van der Waals surface area (Å²) in [5, 5.41) is 12.6. The summed E-state index contributed by atoms with van der Waals surface area (Å²) in [4.78, 5) is 1.70. The van der Waals surface area contributed by atoms with Gasteiger partial charge in [0.1, 0.15) is 5.69 Å². The van der Waals surface area contributed by atoms with E-state index in [0.717, 1.165) is 30.8 Å². The van der Waals surface area contributed by atoms with Crippen molar-refractivity contribution < 1.29 is 0 Å². The van der Waals surface area contributed by atoms with Crippen LogP contribution >= 0.6 is 0 Å². The van der Waals surface area contributed by atoms with Crippen LogP contribution in [0.4, 0.5) is 0 Å². The smallest absolute Gasteiger partial charge is 0.100 e. The standard InChI is InChI=1S/C16H24N4/c1-4-10-17-15(11-13(2)3)16-12-18-20(19-16)14-8-6-5-7-9-14/h5-9,12-13,15,17H,4,10-11H2,1-3H3. The van der Waals surface area contributed by atoms with Gasteiger partial charge >= 0.3 is 0 Å². The molecule has 1 aromatic carbocycles. The van der Waals surface area contributed by atoms with Crippen LogP contribution < -0.4 is 5.32 Å². The van der Waals surface area contributed by atoms with Crippen LogP contribution in [0.5, 0.6) is 0 Å². The van der Waals surface area contributed by atoms with Gasteiger partial charge in [0.05, 0.1) is 17.9 Å². The van der Waals surface area contributed by atoms with E-state index >= 15 is 0 Å². The van der Waals surface area contributed by atoms with Crippen molar-refractivity contribution in [3.8, 4) is 5.69 Å². The summed E-state index contributed by atoms with van der Waals surface area (Å²) in [7, 11) is 0. The van der Waals surface area contributed by atoms with Gasteiger partial charge in [0.25, 0.3) is 0 Å². The van der Waals surface area contributed by atoms with E-state index in [1.165, 1.54) is 0 Å². The van der Waals surface area contributed by atoms with Crippen molar-refractivity contribution in [2.45, 2.75) is 39.7 Å². The molecule has 0 bridgehead atoms. The van der Waals surface area contributed by atoms with Gasteiger partial charge in [-0.3, -0.25) is 0 Å². The van der Waals surface area contributed by atoms with Gasteiger partial charge in [-0.2, -0.15) is 15.0 Å². The average Bonchev–Trinajstić information content (AvgIpc) is 2.94. The van der Waals surface area contributed by atoms with Gasteiger partial charge in [-0.15, -0.1) is 0 Å². The third-order valence-electron chi connectivity index (χ3n) is 3.20. The molecule has 0 amide bonds. The summed E-state index contributed by atoms with van der Waals surface area (Å²) >= 11 is 0. The highest BCUT2D eigenvalue weighted by Crippen LogP contribution is 2.19. The molecule has 4 heteroatoms. The Morgan fingerprint density at radius 1 is 1.20 bits per heavy atom. The molecule has 2 rings (SSSR count). The fourth-order valence-electron chi connectivity index (χ4n) is 2.22. The quantitative estimate of drug-likeness (QED) is 0.840. The van der Waals surface area contributed by atoms with Crippen molar-refractivity contribution in [2.24, 2.45) is 5.92 Å². The van der Waals surface area contributed by atoms with Crippen molar-refractivity contribution in [3.05, 3.63) is 42.2 Å². The Kier molecular flexibility index (Phi) is 5.30. The second kappa shape index (κ2) is 7.20. The first-order valence-electron chi connectivity index (χ1n) is 7.41. The summed E-state index contributed by atoms with van der Waals surface area (Å²) in [5.41, 5.74) is 2.02. The van der Waals surface area contributed by atoms with Gasteiger partial charge in [0.2, 0.25) is 0 Å². The molecule has 0 spiro atoms. The number of aromatic nitrogens is 3. The summed E-state index contributed by atoms with van der Waals surface area (Å²) < 4.78 is 0. The van der Waals surface area contributed by atoms with Crippen LogP contribution in [0.3, 0.4) is 0 Å². The minimum absolute atomic E-state index is 0.285. The van der Waals surface area contributed by atoms with E-state index in [1.807, 2.05) is 36.5 Å². The average molecular weight is 272 g/mol. The van der Waals surface area contributed by atoms with Gasteiger partial charge in [-0.25, -0.2) is 0 Å². The molecular weight excluding hydrogens is 248 g/mol. The number of para-hydroxylation sites is 1. The number of hydrogen-bond donors (Lipinski definition) is 1. The third-order valence-corrected chi connectivity index (χ3v) is 3.20. The van der Waals surface area contributed by atoms with Crippen molar-refractivity contribution in [2.75, 3.05) is 6.54 Å². The van der Waals surface area contributed by atoms with Crippen LogP contribution in [0.1, 0.15) is 45.3 Å². The molecule has 0 radical (unpaired) electrons. The maximum Gasteiger partial charge on any atom is 0.100 e. The lowest BCUT2D eigenvalue weighted by atomic mass is 10.0. The van der Waals surface area contributed by atoms with Crippen LogP contribution in [0.25, 0.3) is 5.69 Å². The van der Waals surface area contributed by atoms with E-state index in [9.17, 15) is 0 Å². The summed E-state index contributed by atoms with van der Waals surface area (Å²) in [6.45, 7) is 7.67. The van der Waals surface area contributed by atoms with E-state index in [4.69, 9.17) is 0 Å². The molecular formula is C16H24N4. The number of rotatable bonds is 7. The first-order valence-corrected chi connectivity index (χ1v) is 7.41. The minimum Gasteiger partial charge on any atom is -0.309 e. The zero-order chi connectivity index (χ0) is 14.4. The topological polar surface area (TPSA) is 42.7 Å². The predicted octanol–water partition coefficient (Wildman–Crippen LogP) is 3.35. The fraction of sp³-hybridized carbons (Fsp3) is 0.500. The number of nitrogens with one attached hydrogen (secondary N) is 1. The van der Waals surface area contributed by atoms with Crippen LogP contribution in [0, 0.1) is 5.92 Å². The summed E-state index contributed by atoms with van der Waals surface area (Å²) in [6.07, 6.45) is 4.08. The molecule has 4 nitrogen and oxygen atoms in total. The Hall–Kier alpha value is -1.68. The second-order valence-electron chi connectivity index (χ2n) is 5.53. The summed E-state index contributed by atoms with van der Waals surface area (Å²) in [5.74, 6) is 0.631.